The molecule has 0 fully saturated rings. The summed E-state index contributed by atoms with van der Waals surface area (Å²) in [6.45, 7) is 13.0. The normalized spacial score (nSPS) is 14.6. The first-order chi connectivity index (χ1) is 18.4. The van der Waals surface area contributed by atoms with Gasteiger partial charge in [-0.05, 0) is 112 Å². The highest BCUT2D eigenvalue weighted by atomic mass is 19.4. The van der Waals surface area contributed by atoms with Crippen LogP contribution in [-0.2, 0) is 12.4 Å². The van der Waals surface area contributed by atoms with Crippen molar-refractivity contribution in [2.75, 3.05) is 0 Å². The van der Waals surface area contributed by atoms with Crippen molar-refractivity contribution >= 4 is 44.4 Å². The number of halogens is 6. The largest absolute Gasteiger partial charge is 0.420 e. The molecule has 0 spiro atoms. The first-order valence-corrected chi connectivity index (χ1v) is 12.7. The predicted octanol–water partition coefficient (Wildman–Crippen LogP) is 9.49. The molecule has 0 radical (unpaired) electrons. The zero-order valence-corrected chi connectivity index (χ0v) is 23.3. The number of hydrogen-bond donors (Lipinski definition) is 2. The van der Waals surface area contributed by atoms with E-state index in [0.717, 1.165) is 11.1 Å². The molecule has 0 saturated heterocycles. The zero-order chi connectivity index (χ0) is 29.6. The summed E-state index contributed by atoms with van der Waals surface area (Å²) in [6.07, 6.45) is -9.83. The fraction of sp³-hybridized carbons (Fsp3) is 0.333. The van der Waals surface area contributed by atoms with Gasteiger partial charge in [0.2, 0.25) is 0 Å². The molecule has 5 rings (SSSR count). The third-order valence-corrected chi connectivity index (χ3v) is 8.37. The second kappa shape index (κ2) is 8.84. The summed E-state index contributed by atoms with van der Waals surface area (Å²) in [6, 6.07) is 3.46. The Morgan fingerprint density at radius 1 is 0.500 bits per heavy atom. The van der Waals surface area contributed by atoms with Crippen LogP contribution in [0.4, 0.5) is 26.3 Å². The Kier molecular flexibility index (Phi) is 6.13. The summed E-state index contributed by atoms with van der Waals surface area (Å²) < 4.78 is 88.5. The van der Waals surface area contributed by atoms with Crippen LogP contribution in [0.25, 0.3) is 44.4 Å². The maximum atomic E-state index is 14.8. The van der Waals surface area contributed by atoms with Gasteiger partial charge in [0.25, 0.3) is 0 Å². The van der Waals surface area contributed by atoms with E-state index >= 15 is 0 Å². The number of alkyl halides is 6. The topological polar surface area (TPSA) is 57.4 Å². The lowest BCUT2D eigenvalue weighted by molar-refractivity contribution is -0.138. The number of fused-ring (bicyclic) bond motifs is 8. The van der Waals surface area contributed by atoms with Crippen molar-refractivity contribution in [3.05, 3.63) is 68.3 Å². The lowest BCUT2D eigenvalue weighted by atomic mass is 9.98. The van der Waals surface area contributed by atoms with Crippen LogP contribution in [0.3, 0.4) is 0 Å². The van der Waals surface area contributed by atoms with E-state index < -0.39 is 34.9 Å². The zero-order valence-electron chi connectivity index (χ0n) is 23.3. The van der Waals surface area contributed by atoms with Crippen LogP contribution >= 0.6 is 0 Å². The second-order valence-electron chi connectivity index (χ2n) is 10.6. The van der Waals surface area contributed by atoms with E-state index in [4.69, 9.17) is 0 Å². The molecule has 5 heterocycles. The Bertz CT molecular complexity index is 1840. The highest BCUT2D eigenvalue weighted by molar-refractivity contribution is 5.97. The molecule has 0 aliphatic carbocycles. The van der Waals surface area contributed by atoms with Crippen molar-refractivity contribution < 1.29 is 26.3 Å². The molecule has 2 aliphatic rings. The van der Waals surface area contributed by atoms with E-state index in [2.05, 4.69) is 19.9 Å². The average Bonchev–Trinajstić information content (AvgIpc) is 3.47. The first-order valence-electron chi connectivity index (χ1n) is 12.7. The summed E-state index contributed by atoms with van der Waals surface area (Å²) in [5.41, 5.74) is 1.74. The van der Waals surface area contributed by atoms with E-state index in [1.807, 2.05) is 13.8 Å². The maximum Gasteiger partial charge on any atom is 0.420 e. The lowest BCUT2D eigenvalue weighted by Gasteiger charge is -2.12. The quantitative estimate of drug-likeness (QED) is 0.270. The minimum Gasteiger partial charge on any atom is -0.355 e. The van der Waals surface area contributed by atoms with Crippen LogP contribution in [0, 0.1) is 27.7 Å². The van der Waals surface area contributed by atoms with Gasteiger partial charge in [0, 0.05) is 16.6 Å². The molecular weight excluding hydrogens is 530 g/mol. The molecule has 2 aliphatic heterocycles. The number of aryl methyl sites for hydroxylation is 4. The molecule has 10 heteroatoms. The number of hydrogen-bond acceptors (Lipinski definition) is 2. The highest BCUT2D eigenvalue weighted by Gasteiger charge is 2.43. The fourth-order valence-corrected chi connectivity index (χ4v) is 5.35. The van der Waals surface area contributed by atoms with Gasteiger partial charge in [-0.2, -0.15) is 26.3 Å². The first kappa shape index (κ1) is 27.7. The molecule has 210 valence electrons. The van der Waals surface area contributed by atoms with Crippen LogP contribution in [0.2, 0.25) is 0 Å². The van der Waals surface area contributed by atoms with Gasteiger partial charge in [-0.25, -0.2) is 9.97 Å². The molecule has 3 aromatic rings. The number of allylic oxidation sites excluding steroid dienone is 4. The Morgan fingerprint density at radius 2 is 0.925 bits per heavy atom. The molecule has 0 amide bonds. The standard InChI is InChI=1S/C30H28F6N4/c1-11-12(2)20-10-22-14(4)16(6)26(39-22)24(30(34,35)36)28-18(8)17(7)27(40-28)23(29(31,32)33)25-15(5)13(3)21(38-25)9-19(11)37-20/h9-10,37-38H,1-8H3. The third kappa shape index (κ3) is 4.07. The monoisotopic (exact) mass is 558 g/mol. The summed E-state index contributed by atoms with van der Waals surface area (Å²) in [5, 5.41) is 0. The number of nitrogens with zero attached hydrogens (tertiary/aromatic N) is 2. The predicted molar refractivity (Wildman–Crippen MR) is 146 cm³/mol. The van der Waals surface area contributed by atoms with Gasteiger partial charge >= 0.3 is 12.4 Å². The number of H-pyrrole nitrogens is 2. The van der Waals surface area contributed by atoms with Gasteiger partial charge < -0.3 is 9.97 Å². The Balaban J connectivity index is 2.17. The van der Waals surface area contributed by atoms with Crippen LogP contribution in [0.15, 0.2) is 12.1 Å². The molecule has 4 nitrogen and oxygen atoms in total. The van der Waals surface area contributed by atoms with Gasteiger partial charge in [-0.15, -0.1) is 0 Å². The molecule has 0 aromatic carbocycles. The van der Waals surface area contributed by atoms with E-state index in [1.165, 1.54) is 20.8 Å². The van der Waals surface area contributed by atoms with Crippen molar-refractivity contribution in [1.82, 2.24) is 19.9 Å². The lowest BCUT2D eigenvalue weighted by Crippen LogP contribution is -2.12. The van der Waals surface area contributed by atoms with Gasteiger partial charge in [0.1, 0.15) is 11.1 Å². The minimum atomic E-state index is -4.93. The van der Waals surface area contributed by atoms with E-state index in [9.17, 15) is 26.3 Å². The number of aromatic nitrogens is 4. The van der Waals surface area contributed by atoms with Gasteiger partial charge in [-0.3, -0.25) is 0 Å². The summed E-state index contributed by atoms with van der Waals surface area (Å²) in [5.74, 6) is 0. The number of rotatable bonds is 0. The molecule has 2 N–H and O–H groups in total. The fourth-order valence-electron chi connectivity index (χ4n) is 5.35. The average molecular weight is 559 g/mol. The molecule has 0 atom stereocenters. The minimum absolute atomic E-state index is 0.0201. The van der Waals surface area contributed by atoms with Crippen LogP contribution in [-0.4, -0.2) is 19.9 Å². The summed E-state index contributed by atoms with van der Waals surface area (Å²) >= 11 is 0. The van der Waals surface area contributed by atoms with Gasteiger partial charge in [0.05, 0.1) is 28.3 Å². The molecule has 0 unspecified atom stereocenters. The number of aromatic amines is 2. The van der Waals surface area contributed by atoms with Crippen LogP contribution in [0.1, 0.15) is 83.9 Å². The molecule has 0 saturated carbocycles. The Morgan fingerprint density at radius 3 is 1.48 bits per heavy atom. The van der Waals surface area contributed by atoms with Crippen molar-refractivity contribution in [2.24, 2.45) is 0 Å². The molecule has 40 heavy (non-hydrogen) atoms. The van der Waals surface area contributed by atoms with E-state index in [-0.39, 0.29) is 27.9 Å². The Labute approximate surface area is 226 Å². The summed E-state index contributed by atoms with van der Waals surface area (Å²) in [7, 11) is 0. The SMILES string of the molecule is CC1=C(C)c2nc1cc1[nH]c(cc3[nH]c(c(C)c3C)c(C(F)(F)F)c3nc(c2C(F)(F)F)C(C)=C3C)c(C)c1C. The van der Waals surface area contributed by atoms with Gasteiger partial charge in [0.15, 0.2) is 0 Å². The Hall–Kier alpha value is -3.82. The molecule has 3 aromatic heterocycles. The van der Waals surface area contributed by atoms with Crippen molar-refractivity contribution in [3.8, 4) is 0 Å². The van der Waals surface area contributed by atoms with Crippen molar-refractivity contribution in [1.29, 1.82) is 0 Å². The smallest absolute Gasteiger partial charge is 0.355 e. The van der Waals surface area contributed by atoms with Crippen molar-refractivity contribution in [2.45, 2.75) is 67.7 Å². The van der Waals surface area contributed by atoms with Crippen molar-refractivity contribution in [3.63, 3.8) is 0 Å². The van der Waals surface area contributed by atoms with Gasteiger partial charge in [-0.1, -0.05) is 0 Å². The number of nitrogens with one attached hydrogen (secondary N) is 2. The van der Waals surface area contributed by atoms with Crippen LogP contribution < -0.4 is 0 Å². The van der Waals surface area contributed by atoms with E-state index in [1.54, 1.807) is 32.9 Å². The second-order valence-corrected chi connectivity index (χ2v) is 10.6. The highest BCUT2D eigenvalue weighted by Crippen LogP contribution is 2.46. The third-order valence-electron chi connectivity index (χ3n) is 8.37. The molecule has 8 bridgehead atoms. The van der Waals surface area contributed by atoms with Crippen LogP contribution in [0.5, 0.6) is 0 Å². The maximum absolute atomic E-state index is 14.8. The van der Waals surface area contributed by atoms with E-state index in [0.29, 0.717) is 38.9 Å². The summed E-state index contributed by atoms with van der Waals surface area (Å²) in [4.78, 5) is 14.7. The molecular formula is C30H28F6N4.